The van der Waals surface area contributed by atoms with Crippen molar-refractivity contribution >= 4 is 41.0 Å². The molecule has 0 bridgehead atoms. The van der Waals surface area contributed by atoms with Gasteiger partial charge in [-0.1, -0.05) is 12.1 Å². The van der Waals surface area contributed by atoms with E-state index < -0.39 is 0 Å². The SMILES string of the molecule is O=C1c2cc(S)ccc2-c2ccc(I)cc21. The Hall–Kier alpha value is -0.810. The molecule has 0 atom stereocenters. The van der Waals surface area contributed by atoms with E-state index in [2.05, 4.69) is 35.2 Å². The predicted molar refractivity (Wildman–Crippen MR) is 75.3 cm³/mol. The molecule has 0 amide bonds. The van der Waals surface area contributed by atoms with Gasteiger partial charge in [0.05, 0.1) is 0 Å². The molecular weight excluding hydrogens is 331 g/mol. The zero-order chi connectivity index (χ0) is 11.3. The molecule has 1 aliphatic carbocycles. The van der Waals surface area contributed by atoms with Crippen molar-refractivity contribution in [3.8, 4) is 11.1 Å². The van der Waals surface area contributed by atoms with Crippen LogP contribution in [0.2, 0.25) is 0 Å². The first-order valence-corrected chi connectivity index (χ1v) is 6.37. The van der Waals surface area contributed by atoms with Gasteiger partial charge in [0.15, 0.2) is 5.78 Å². The topological polar surface area (TPSA) is 17.1 Å². The van der Waals surface area contributed by atoms with E-state index in [0.29, 0.717) is 0 Å². The number of rotatable bonds is 0. The molecule has 1 aliphatic rings. The summed E-state index contributed by atoms with van der Waals surface area (Å²) in [5.74, 6) is 0.111. The van der Waals surface area contributed by atoms with Crippen LogP contribution in [0.5, 0.6) is 0 Å². The van der Waals surface area contributed by atoms with Crippen molar-refractivity contribution in [2.24, 2.45) is 0 Å². The minimum atomic E-state index is 0.111. The van der Waals surface area contributed by atoms with Crippen LogP contribution in [0, 0.1) is 3.57 Å². The van der Waals surface area contributed by atoms with Crippen molar-refractivity contribution in [1.29, 1.82) is 0 Å². The summed E-state index contributed by atoms with van der Waals surface area (Å²) in [5.41, 5.74) is 3.63. The molecule has 2 aromatic rings. The molecule has 0 saturated heterocycles. The molecule has 0 heterocycles. The molecular formula is C13H7IOS. The summed E-state index contributed by atoms with van der Waals surface area (Å²) in [6.07, 6.45) is 0. The Labute approximate surface area is 112 Å². The highest BCUT2D eigenvalue weighted by Gasteiger charge is 2.26. The summed E-state index contributed by atoms with van der Waals surface area (Å²) in [7, 11) is 0. The molecule has 0 fully saturated rings. The highest BCUT2D eigenvalue weighted by molar-refractivity contribution is 14.1. The summed E-state index contributed by atoms with van der Waals surface area (Å²) in [6.45, 7) is 0. The fourth-order valence-electron chi connectivity index (χ4n) is 2.04. The number of carbonyl (C=O) groups is 1. The van der Waals surface area contributed by atoms with Crippen LogP contribution in [0.3, 0.4) is 0 Å². The molecule has 1 nitrogen and oxygen atoms in total. The molecule has 0 N–H and O–H groups in total. The van der Waals surface area contributed by atoms with Crippen LogP contribution in [0.15, 0.2) is 41.3 Å². The molecule has 0 aromatic heterocycles. The summed E-state index contributed by atoms with van der Waals surface area (Å²) in [5, 5.41) is 0. The second-order valence-electron chi connectivity index (χ2n) is 3.75. The van der Waals surface area contributed by atoms with Crippen LogP contribution in [0.25, 0.3) is 11.1 Å². The van der Waals surface area contributed by atoms with Crippen molar-refractivity contribution in [1.82, 2.24) is 0 Å². The van der Waals surface area contributed by atoms with Gasteiger partial charge in [0.1, 0.15) is 0 Å². The van der Waals surface area contributed by atoms with Crippen LogP contribution in [-0.4, -0.2) is 5.78 Å². The van der Waals surface area contributed by atoms with E-state index >= 15 is 0 Å². The molecule has 3 heteroatoms. The van der Waals surface area contributed by atoms with Crippen LogP contribution < -0.4 is 0 Å². The van der Waals surface area contributed by atoms with Gasteiger partial charge in [-0.25, -0.2) is 0 Å². The maximum atomic E-state index is 12.2. The first-order chi connectivity index (χ1) is 7.66. The molecule has 2 aromatic carbocycles. The number of hydrogen-bond donors (Lipinski definition) is 1. The van der Waals surface area contributed by atoms with Crippen LogP contribution in [0.1, 0.15) is 15.9 Å². The van der Waals surface area contributed by atoms with E-state index in [-0.39, 0.29) is 5.78 Å². The standard InChI is InChI=1S/C13H7IOS/c14-7-1-3-9-10-4-2-8(16)6-12(10)13(15)11(9)5-7/h1-6,16H. The number of halogens is 1. The van der Waals surface area contributed by atoms with Crippen LogP contribution in [0.4, 0.5) is 0 Å². The highest BCUT2D eigenvalue weighted by atomic mass is 127. The largest absolute Gasteiger partial charge is 0.289 e. The predicted octanol–water partition coefficient (Wildman–Crippen LogP) is 3.79. The zero-order valence-corrected chi connectivity index (χ0v) is 11.2. The Kier molecular flexibility index (Phi) is 2.33. The lowest BCUT2D eigenvalue weighted by Crippen LogP contribution is -1.95. The Morgan fingerprint density at radius 2 is 1.50 bits per heavy atom. The number of fused-ring (bicyclic) bond motifs is 3. The minimum absolute atomic E-state index is 0.111. The van der Waals surface area contributed by atoms with Gasteiger partial charge < -0.3 is 0 Å². The van der Waals surface area contributed by atoms with E-state index in [9.17, 15) is 4.79 Å². The lowest BCUT2D eigenvalue weighted by Gasteiger charge is -1.99. The third-order valence-electron chi connectivity index (χ3n) is 2.76. The molecule has 78 valence electrons. The van der Waals surface area contributed by atoms with Crippen molar-refractivity contribution in [2.45, 2.75) is 4.90 Å². The van der Waals surface area contributed by atoms with Gasteiger partial charge in [-0.15, -0.1) is 12.6 Å². The Balaban J connectivity index is 2.34. The zero-order valence-electron chi connectivity index (χ0n) is 8.20. The van der Waals surface area contributed by atoms with Gasteiger partial charge in [-0.3, -0.25) is 4.79 Å². The lowest BCUT2D eigenvalue weighted by atomic mass is 10.1. The summed E-state index contributed by atoms with van der Waals surface area (Å²) in [6, 6.07) is 11.7. The highest BCUT2D eigenvalue weighted by Crippen LogP contribution is 2.37. The lowest BCUT2D eigenvalue weighted by molar-refractivity contribution is 0.104. The van der Waals surface area contributed by atoms with E-state index in [0.717, 1.165) is 30.7 Å². The number of hydrogen-bond acceptors (Lipinski definition) is 2. The number of benzene rings is 2. The second-order valence-corrected chi connectivity index (χ2v) is 5.51. The molecule has 3 rings (SSSR count). The average molecular weight is 338 g/mol. The maximum Gasteiger partial charge on any atom is 0.194 e. The molecule has 0 saturated carbocycles. The van der Waals surface area contributed by atoms with Crippen LogP contribution >= 0.6 is 35.2 Å². The van der Waals surface area contributed by atoms with Gasteiger partial charge in [0, 0.05) is 19.6 Å². The number of ketones is 1. The third-order valence-corrected chi connectivity index (χ3v) is 3.71. The Morgan fingerprint density at radius 3 is 2.25 bits per heavy atom. The van der Waals surface area contributed by atoms with E-state index in [4.69, 9.17) is 0 Å². The Bertz CT molecular complexity index is 566. The third kappa shape index (κ3) is 1.42. The van der Waals surface area contributed by atoms with E-state index in [1.165, 1.54) is 0 Å². The fraction of sp³-hybridized carbons (Fsp3) is 0. The molecule has 0 unspecified atom stereocenters. The minimum Gasteiger partial charge on any atom is -0.289 e. The molecule has 0 spiro atoms. The maximum absolute atomic E-state index is 12.2. The summed E-state index contributed by atoms with van der Waals surface area (Å²) in [4.78, 5) is 13.0. The van der Waals surface area contributed by atoms with E-state index in [1.807, 2.05) is 36.4 Å². The number of carbonyl (C=O) groups excluding carboxylic acids is 1. The van der Waals surface area contributed by atoms with Gasteiger partial charge >= 0.3 is 0 Å². The van der Waals surface area contributed by atoms with Gasteiger partial charge in [0.25, 0.3) is 0 Å². The van der Waals surface area contributed by atoms with Crippen molar-refractivity contribution in [2.75, 3.05) is 0 Å². The summed E-state index contributed by atoms with van der Waals surface area (Å²) < 4.78 is 1.09. The monoisotopic (exact) mass is 338 g/mol. The number of thiol groups is 1. The van der Waals surface area contributed by atoms with Gasteiger partial charge in [-0.05, 0) is 58.0 Å². The quantitative estimate of drug-likeness (QED) is 0.488. The van der Waals surface area contributed by atoms with Gasteiger partial charge in [0.2, 0.25) is 0 Å². The van der Waals surface area contributed by atoms with Crippen molar-refractivity contribution in [3.63, 3.8) is 0 Å². The van der Waals surface area contributed by atoms with Crippen molar-refractivity contribution < 1.29 is 4.79 Å². The molecule has 0 radical (unpaired) electrons. The normalized spacial score (nSPS) is 12.5. The summed E-state index contributed by atoms with van der Waals surface area (Å²) >= 11 is 6.49. The second kappa shape index (κ2) is 3.60. The smallest absolute Gasteiger partial charge is 0.194 e. The van der Waals surface area contributed by atoms with Gasteiger partial charge in [-0.2, -0.15) is 0 Å². The first kappa shape index (κ1) is 10.4. The van der Waals surface area contributed by atoms with Crippen molar-refractivity contribution in [3.05, 3.63) is 51.1 Å². The van der Waals surface area contributed by atoms with Crippen LogP contribution in [-0.2, 0) is 0 Å². The molecule has 0 aliphatic heterocycles. The Morgan fingerprint density at radius 1 is 0.875 bits per heavy atom. The first-order valence-electron chi connectivity index (χ1n) is 4.84. The average Bonchev–Trinajstić information content (AvgIpc) is 2.53. The fourth-order valence-corrected chi connectivity index (χ4v) is 2.73. The molecule has 16 heavy (non-hydrogen) atoms. The van der Waals surface area contributed by atoms with E-state index in [1.54, 1.807) is 0 Å².